The van der Waals surface area contributed by atoms with Gasteiger partial charge >= 0.3 is 0 Å². The lowest BCUT2D eigenvalue weighted by molar-refractivity contribution is -0.119. The van der Waals surface area contributed by atoms with Gasteiger partial charge in [-0.25, -0.2) is 0 Å². The summed E-state index contributed by atoms with van der Waals surface area (Å²) in [6.07, 6.45) is 6.17. The monoisotopic (exact) mass is 457 g/mol. The van der Waals surface area contributed by atoms with Gasteiger partial charge in [0.25, 0.3) is 0 Å². The standard InChI is InChI=1S/C23H24ClN3O3S/c24-20-10-8-19(31-20)9-11-21(28)25-14-16-13-23(30)27(15-16)18-6-4-17(5-7-18)26-12-2-1-3-22(26)29/h4-11,16H,1-3,12-15H2,(H,25,28). The van der Waals surface area contributed by atoms with Crippen molar-refractivity contribution >= 4 is 58.1 Å². The third-order valence-electron chi connectivity index (χ3n) is 5.56. The summed E-state index contributed by atoms with van der Waals surface area (Å²) in [4.78, 5) is 41.2. The second-order valence-electron chi connectivity index (χ2n) is 7.81. The number of hydrogen-bond acceptors (Lipinski definition) is 4. The first kappa shape index (κ1) is 21.6. The minimum Gasteiger partial charge on any atom is -0.352 e. The fourth-order valence-corrected chi connectivity index (χ4v) is 4.90. The van der Waals surface area contributed by atoms with Crippen LogP contribution in [0.25, 0.3) is 6.08 Å². The highest BCUT2D eigenvalue weighted by Gasteiger charge is 2.31. The smallest absolute Gasteiger partial charge is 0.244 e. The molecule has 1 N–H and O–H groups in total. The molecule has 1 unspecified atom stereocenters. The molecule has 0 radical (unpaired) electrons. The van der Waals surface area contributed by atoms with E-state index >= 15 is 0 Å². The van der Waals surface area contributed by atoms with E-state index in [0.717, 1.165) is 35.6 Å². The van der Waals surface area contributed by atoms with E-state index in [1.165, 1.54) is 17.4 Å². The van der Waals surface area contributed by atoms with Gasteiger partial charge in [0.2, 0.25) is 17.7 Å². The maximum atomic E-state index is 12.5. The van der Waals surface area contributed by atoms with Crippen LogP contribution in [0.5, 0.6) is 0 Å². The van der Waals surface area contributed by atoms with E-state index in [1.54, 1.807) is 17.0 Å². The number of piperidine rings is 1. The summed E-state index contributed by atoms with van der Waals surface area (Å²) in [6.45, 7) is 1.75. The molecule has 8 heteroatoms. The molecule has 3 amide bonds. The lowest BCUT2D eigenvalue weighted by atomic mass is 10.1. The first-order valence-electron chi connectivity index (χ1n) is 10.4. The number of carbonyl (C=O) groups is 3. The van der Waals surface area contributed by atoms with Crippen LogP contribution in [0.1, 0.15) is 30.6 Å². The maximum Gasteiger partial charge on any atom is 0.244 e. The Morgan fingerprint density at radius 2 is 1.81 bits per heavy atom. The molecule has 0 aliphatic carbocycles. The van der Waals surface area contributed by atoms with Crippen molar-refractivity contribution in [1.29, 1.82) is 0 Å². The van der Waals surface area contributed by atoms with Gasteiger partial charge in [-0.1, -0.05) is 11.6 Å². The van der Waals surface area contributed by atoms with Crippen LogP contribution in [0.15, 0.2) is 42.5 Å². The molecule has 2 aliphatic rings. The highest BCUT2D eigenvalue weighted by molar-refractivity contribution is 7.17. The van der Waals surface area contributed by atoms with Crippen LogP contribution < -0.4 is 15.1 Å². The number of benzene rings is 1. The largest absolute Gasteiger partial charge is 0.352 e. The zero-order valence-electron chi connectivity index (χ0n) is 17.1. The number of rotatable bonds is 6. The van der Waals surface area contributed by atoms with E-state index in [0.29, 0.717) is 30.3 Å². The third-order valence-corrected chi connectivity index (χ3v) is 6.76. The van der Waals surface area contributed by atoms with E-state index in [1.807, 2.05) is 35.2 Å². The summed E-state index contributed by atoms with van der Waals surface area (Å²) in [5, 5.41) is 2.87. The SMILES string of the molecule is O=C(C=Cc1ccc(Cl)s1)NCC1CC(=O)N(c2ccc(N3CCCCC3=O)cc2)C1. The zero-order valence-corrected chi connectivity index (χ0v) is 18.6. The Morgan fingerprint density at radius 3 is 2.48 bits per heavy atom. The first-order chi connectivity index (χ1) is 15.0. The van der Waals surface area contributed by atoms with E-state index in [4.69, 9.17) is 11.6 Å². The molecule has 3 heterocycles. The molecule has 4 rings (SSSR count). The number of thiophene rings is 1. The predicted molar refractivity (Wildman–Crippen MR) is 124 cm³/mol. The fourth-order valence-electron chi connectivity index (χ4n) is 3.94. The Hall–Kier alpha value is -2.64. The molecule has 2 saturated heterocycles. The topological polar surface area (TPSA) is 69.7 Å². The second kappa shape index (κ2) is 9.66. The number of carbonyl (C=O) groups excluding carboxylic acids is 3. The molecule has 6 nitrogen and oxygen atoms in total. The predicted octanol–water partition coefficient (Wildman–Crippen LogP) is 4.10. The Morgan fingerprint density at radius 1 is 1.06 bits per heavy atom. The van der Waals surface area contributed by atoms with Crippen LogP contribution >= 0.6 is 22.9 Å². The van der Waals surface area contributed by atoms with Gasteiger partial charge < -0.3 is 15.1 Å². The molecule has 2 aromatic rings. The molecule has 0 spiro atoms. The Bertz CT molecular complexity index is 1000. The van der Waals surface area contributed by atoms with Gasteiger partial charge in [0.05, 0.1) is 4.34 Å². The highest BCUT2D eigenvalue weighted by Crippen LogP contribution is 2.28. The highest BCUT2D eigenvalue weighted by atomic mass is 35.5. The van der Waals surface area contributed by atoms with Crippen LogP contribution in [-0.4, -0.2) is 37.4 Å². The molecule has 2 fully saturated rings. The molecule has 0 bridgehead atoms. The van der Waals surface area contributed by atoms with Crippen molar-refractivity contribution in [1.82, 2.24) is 5.32 Å². The van der Waals surface area contributed by atoms with Gasteiger partial charge in [-0.05, 0) is 55.3 Å². The number of amides is 3. The number of anilines is 2. The maximum absolute atomic E-state index is 12.5. The Labute approximate surface area is 190 Å². The molecule has 1 aromatic carbocycles. The molecule has 31 heavy (non-hydrogen) atoms. The van der Waals surface area contributed by atoms with Gasteiger partial charge in [0, 0.05) is 60.7 Å². The van der Waals surface area contributed by atoms with Crippen molar-refractivity contribution in [2.45, 2.75) is 25.7 Å². The minimum absolute atomic E-state index is 0.0461. The van der Waals surface area contributed by atoms with Crippen LogP contribution in [0.4, 0.5) is 11.4 Å². The lowest BCUT2D eigenvalue weighted by Crippen LogP contribution is -2.35. The molecular weight excluding hydrogens is 434 g/mol. The van der Waals surface area contributed by atoms with Crippen molar-refractivity contribution in [2.24, 2.45) is 5.92 Å². The van der Waals surface area contributed by atoms with Gasteiger partial charge in [-0.15, -0.1) is 11.3 Å². The average molecular weight is 458 g/mol. The van der Waals surface area contributed by atoms with E-state index in [-0.39, 0.29) is 23.6 Å². The molecule has 1 atom stereocenters. The normalized spacial score (nSPS) is 19.5. The van der Waals surface area contributed by atoms with Gasteiger partial charge in [0.15, 0.2) is 0 Å². The van der Waals surface area contributed by atoms with Gasteiger partial charge in [-0.2, -0.15) is 0 Å². The summed E-state index contributed by atoms with van der Waals surface area (Å²) in [7, 11) is 0. The van der Waals surface area contributed by atoms with Crippen molar-refractivity contribution in [2.75, 3.05) is 29.4 Å². The quantitative estimate of drug-likeness (QED) is 0.664. The summed E-state index contributed by atoms with van der Waals surface area (Å²) in [6, 6.07) is 11.2. The lowest BCUT2D eigenvalue weighted by Gasteiger charge is -2.27. The van der Waals surface area contributed by atoms with Crippen molar-refractivity contribution < 1.29 is 14.4 Å². The second-order valence-corrected chi connectivity index (χ2v) is 9.56. The summed E-state index contributed by atoms with van der Waals surface area (Å²) >= 11 is 7.29. The summed E-state index contributed by atoms with van der Waals surface area (Å²) in [5.41, 5.74) is 1.70. The first-order valence-corrected chi connectivity index (χ1v) is 11.6. The number of hydrogen-bond donors (Lipinski definition) is 1. The molecule has 2 aliphatic heterocycles. The van der Waals surface area contributed by atoms with E-state index < -0.39 is 0 Å². The molecular formula is C23H24ClN3O3S. The number of nitrogens with one attached hydrogen (secondary N) is 1. The fraction of sp³-hybridized carbons (Fsp3) is 0.348. The van der Waals surface area contributed by atoms with Crippen LogP contribution in [-0.2, 0) is 14.4 Å². The van der Waals surface area contributed by atoms with Crippen molar-refractivity contribution in [3.63, 3.8) is 0 Å². The molecule has 0 saturated carbocycles. The Balaban J connectivity index is 1.30. The van der Waals surface area contributed by atoms with E-state index in [9.17, 15) is 14.4 Å². The van der Waals surface area contributed by atoms with Crippen LogP contribution in [0.3, 0.4) is 0 Å². The average Bonchev–Trinajstić information content (AvgIpc) is 3.36. The van der Waals surface area contributed by atoms with Crippen molar-refractivity contribution in [3.8, 4) is 0 Å². The summed E-state index contributed by atoms with van der Waals surface area (Å²) < 4.78 is 0.681. The number of nitrogens with zero attached hydrogens (tertiary/aromatic N) is 2. The minimum atomic E-state index is -0.189. The Kier molecular flexibility index (Phi) is 6.73. The van der Waals surface area contributed by atoms with Crippen molar-refractivity contribution in [3.05, 3.63) is 51.7 Å². The third kappa shape index (κ3) is 5.35. The van der Waals surface area contributed by atoms with Crippen LogP contribution in [0, 0.1) is 5.92 Å². The molecule has 1 aromatic heterocycles. The van der Waals surface area contributed by atoms with Gasteiger partial charge in [0.1, 0.15) is 0 Å². The zero-order chi connectivity index (χ0) is 21.8. The number of halogens is 1. The summed E-state index contributed by atoms with van der Waals surface area (Å²) in [5.74, 6) is 0.0726. The van der Waals surface area contributed by atoms with Gasteiger partial charge in [-0.3, -0.25) is 14.4 Å². The van der Waals surface area contributed by atoms with E-state index in [2.05, 4.69) is 5.32 Å². The molecule has 162 valence electrons. The van der Waals surface area contributed by atoms with Crippen LogP contribution in [0.2, 0.25) is 4.34 Å².